The molecule has 1 N–H and O–H groups in total. The molecule has 0 radical (unpaired) electrons. The van der Waals surface area contributed by atoms with Gasteiger partial charge in [-0.15, -0.1) is 0 Å². The van der Waals surface area contributed by atoms with Gasteiger partial charge >= 0.3 is 5.97 Å². The van der Waals surface area contributed by atoms with Crippen molar-refractivity contribution in [2.75, 3.05) is 5.75 Å². The first-order valence-electron chi connectivity index (χ1n) is 7.44. The number of carbonyl (C=O) groups is 1. The van der Waals surface area contributed by atoms with E-state index < -0.39 is 5.97 Å². The van der Waals surface area contributed by atoms with Gasteiger partial charge in [0, 0.05) is 29.1 Å². The Morgan fingerprint density at radius 3 is 2.56 bits per heavy atom. The second kappa shape index (κ2) is 7.60. The van der Waals surface area contributed by atoms with Crippen LogP contribution in [0.5, 0.6) is 0 Å². The number of benzene rings is 1. The van der Waals surface area contributed by atoms with E-state index in [1.807, 2.05) is 42.5 Å². The molecule has 2 aromatic heterocycles. The SMILES string of the molecule is N#Cc1c(-c2cccnc2)cc(-c2ccccc2)nc1SCC(=O)O. The smallest absolute Gasteiger partial charge is 0.313 e. The number of hydrogen-bond donors (Lipinski definition) is 1. The lowest BCUT2D eigenvalue weighted by atomic mass is 10.0. The fraction of sp³-hybridized carbons (Fsp3) is 0.0526. The summed E-state index contributed by atoms with van der Waals surface area (Å²) in [5.41, 5.74) is 3.42. The number of aromatic nitrogens is 2. The van der Waals surface area contributed by atoms with Crippen LogP contribution in [0.15, 0.2) is 66.0 Å². The average Bonchev–Trinajstić information content (AvgIpc) is 2.67. The lowest BCUT2D eigenvalue weighted by Gasteiger charge is -2.11. The third kappa shape index (κ3) is 3.84. The summed E-state index contributed by atoms with van der Waals surface area (Å²) >= 11 is 1.04. The van der Waals surface area contributed by atoms with E-state index in [-0.39, 0.29) is 5.75 Å². The summed E-state index contributed by atoms with van der Waals surface area (Å²) in [7, 11) is 0. The molecule has 0 amide bonds. The van der Waals surface area contributed by atoms with Crippen molar-refractivity contribution >= 4 is 17.7 Å². The number of thioether (sulfide) groups is 1. The molecule has 0 atom stereocenters. The van der Waals surface area contributed by atoms with Crippen LogP contribution < -0.4 is 0 Å². The molecule has 3 aromatic rings. The fourth-order valence-electron chi connectivity index (χ4n) is 2.37. The van der Waals surface area contributed by atoms with E-state index in [1.54, 1.807) is 18.5 Å². The van der Waals surface area contributed by atoms with Gasteiger partial charge in [-0.05, 0) is 12.1 Å². The second-order valence-corrected chi connectivity index (χ2v) is 6.10. The Labute approximate surface area is 149 Å². The van der Waals surface area contributed by atoms with Gasteiger partial charge in [0.2, 0.25) is 0 Å². The lowest BCUT2D eigenvalue weighted by Crippen LogP contribution is -2.01. The Balaban J connectivity index is 2.20. The summed E-state index contributed by atoms with van der Waals surface area (Å²) in [5.74, 6) is -1.12. The maximum atomic E-state index is 10.9. The molecule has 0 saturated carbocycles. The molecular formula is C19H13N3O2S. The molecular weight excluding hydrogens is 334 g/mol. The van der Waals surface area contributed by atoms with E-state index in [2.05, 4.69) is 16.0 Å². The van der Waals surface area contributed by atoms with Crippen LogP contribution in [-0.2, 0) is 4.79 Å². The van der Waals surface area contributed by atoms with Crippen LogP contribution in [0, 0.1) is 11.3 Å². The zero-order chi connectivity index (χ0) is 17.6. The first-order valence-corrected chi connectivity index (χ1v) is 8.43. The highest BCUT2D eigenvalue weighted by molar-refractivity contribution is 7.99. The van der Waals surface area contributed by atoms with Gasteiger partial charge in [0.15, 0.2) is 0 Å². The van der Waals surface area contributed by atoms with Gasteiger partial charge in [0.1, 0.15) is 11.1 Å². The van der Waals surface area contributed by atoms with Crippen LogP contribution >= 0.6 is 11.8 Å². The second-order valence-electron chi connectivity index (χ2n) is 5.14. The van der Waals surface area contributed by atoms with Crippen molar-refractivity contribution in [1.82, 2.24) is 9.97 Å². The highest BCUT2D eigenvalue weighted by Gasteiger charge is 2.16. The van der Waals surface area contributed by atoms with E-state index >= 15 is 0 Å². The first-order chi connectivity index (χ1) is 12.2. The predicted molar refractivity (Wildman–Crippen MR) is 96.0 cm³/mol. The molecule has 2 heterocycles. The summed E-state index contributed by atoms with van der Waals surface area (Å²) < 4.78 is 0. The summed E-state index contributed by atoms with van der Waals surface area (Å²) in [6.07, 6.45) is 3.34. The van der Waals surface area contributed by atoms with Crippen molar-refractivity contribution in [3.8, 4) is 28.5 Å². The van der Waals surface area contributed by atoms with Crippen molar-refractivity contribution in [3.63, 3.8) is 0 Å². The van der Waals surface area contributed by atoms with E-state index in [1.165, 1.54) is 0 Å². The molecule has 0 spiro atoms. The molecule has 5 nitrogen and oxygen atoms in total. The van der Waals surface area contributed by atoms with Crippen molar-refractivity contribution in [3.05, 3.63) is 66.5 Å². The zero-order valence-corrected chi connectivity index (χ0v) is 13.9. The monoisotopic (exact) mass is 347 g/mol. The summed E-state index contributed by atoms with van der Waals surface area (Å²) in [6, 6.07) is 17.2. The minimum Gasteiger partial charge on any atom is -0.481 e. The molecule has 0 bridgehead atoms. The number of carboxylic acid groups (broad SMARTS) is 1. The lowest BCUT2D eigenvalue weighted by molar-refractivity contribution is -0.133. The quantitative estimate of drug-likeness (QED) is 0.705. The highest BCUT2D eigenvalue weighted by atomic mass is 32.2. The zero-order valence-electron chi connectivity index (χ0n) is 13.1. The Morgan fingerprint density at radius 2 is 1.92 bits per heavy atom. The maximum absolute atomic E-state index is 10.9. The molecule has 1 aromatic carbocycles. The summed E-state index contributed by atoms with van der Waals surface area (Å²) in [5, 5.41) is 19.0. The molecule has 0 aliphatic rings. The topological polar surface area (TPSA) is 86.9 Å². The number of nitriles is 1. The van der Waals surface area contributed by atoms with E-state index in [9.17, 15) is 10.1 Å². The molecule has 0 aliphatic carbocycles. The number of hydrogen-bond acceptors (Lipinski definition) is 5. The number of pyridine rings is 2. The normalized spacial score (nSPS) is 10.2. The van der Waals surface area contributed by atoms with Gasteiger partial charge in [-0.3, -0.25) is 9.78 Å². The highest BCUT2D eigenvalue weighted by Crippen LogP contribution is 2.33. The van der Waals surface area contributed by atoms with Crippen molar-refractivity contribution in [2.24, 2.45) is 0 Å². The molecule has 0 unspecified atom stereocenters. The molecule has 6 heteroatoms. The minimum atomic E-state index is -0.955. The van der Waals surface area contributed by atoms with Crippen LogP contribution in [-0.4, -0.2) is 26.8 Å². The van der Waals surface area contributed by atoms with Crippen LogP contribution in [0.1, 0.15) is 5.56 Å². The minimum absolute atomic E-state index is 0.160. The Hall–Kier alpha value is -3.17. The van der Waals surface area contributed by atoms with E-state index in [0.717, 1.165) is 22.9 Å². The van der Waals surface area contributed by atoms with Crippen molar-refractivity contribution in [1.29, 1.82) is 5.26 Å². The van der Waals surface area contributed by atoms with Crippen LogP contribution in [0.25, 0.3) is 22.4 Å². The Morgan fingerprint density at radius 1 is 1.16 bits per heavy atom. The molecule has 122 valence electrons. The molecule has 25 heavy (non-hydrogen) atoms. The van der Waals surface area contributed by atoms with Gasteiger partial charge in [-0.2, -0.15) is 5.26 Å². The predicted octanol–water partition coefficient (Wildman–Crippen LogP) is 3.86. The number of rotatable bonds is 5. The summed E-state index contributed by atoms with van der Waals surface area (Å²) in [6.45, 7) is 0. The Bertz CT molecular complexity index is 938. The molecule has 0 aliphatic heterocycles. The third-order valence-electron chi connectivity index (χ3n) is 3.47. The number of carboxylic acids is 1. The fourth-order valence-corrected chi connectivity index (χ4v) is 3.09. The van der Waals surface area contributed by atoms with Crippen molar-refractivity contribution in [2.45, 2.75) is 5.03 Å². The number of aliphatic carboxylic acids is 1. The molecule has 0 saturated heterocycles. The Kier molecular flexibility index (Phi) is 5.07. The van der Waals surface area contributed by atoms with Crippen LogP contribution in [0.2, 0.25) is 0 Å². The van der Waals surface area contributed by atoms with Gasteiger partial charge in [-0.25, -0.2) is 4.98 Å². The first kappa shape index (κ1) is 16.7. The number of nitrogens with zero attached hydrogens (tertiary/aromatic N) is 3. The van der Waals surface area contributed by atoms with Gasteiger partial charge in [0.25, 0.3) is 0 Å². The van der Waals surface area contributed by atoms with Crippen LogP contribution in [0.3, 0.4) is 0 Å². The summed E-state index contributed by atoms with van der Waals surface area (Å²) in [4.78, 5) is 19.6. The largest absolute Gasteiger partial charge is 0.481 e. The molecule has 3 rings (SSSR count). The maximum Gasteiger partial charge on any atom is 0.313 e. The van der Waals surface area contributed by atoms with E-state index in [4.69, 9.17) is 5.11 Å². The molecule has 0 fully saturated rings. The van der Waals surface area contributed by atoms with Crippen LogP contribution in [0.4, 0.5) is 0 Å². The van der Waals surface area contributed by atoms with Gasteiger partial charge < -0.3 is 5.11 Å². The standard InChI is InChI=1S/C19H13N3O2S/c20-10-16-15(14-7-4-8-21-11-14)9-17(13-5-2-1-3-6-13)22-19(16)25-12-18(23)24/h1-9,11H,12H2,(H,23,24). The van der Waals surface area contributed by atoms with Gasteiger partial charge in [0.05, 0.1) is 17.0 Å². The average molecular weight is 347 g/mol. The van der Waals surface area contributed by atoms with E-state index in [0.29, 0.717) is 21.8 Å². The van der Waals surface area contributed by atoms with Crippen molar-refractivity contribution < 1.29 is 9.90 Å². The third-order valence-corrected chi connectivity index (χ3v) is 4.43. The van der Waals surface area contributed by atoms with Gasteiger partial charge in [-0.1, -0.05) is 48.2 Å².